The molecule has 25 heavy (non-hydrogen) atoms. The van der Waals surface area contributed by atoms with Crippen LogP contribution in [0.2, 0.25) is 0 Å². The Hall–Kier alpha value is -1.91. The molecule has 0 radical (unpaired) electrons. The molecular formula is C21H27FN2O. The van der Waals surface area contributed by atoms with Crippen LogP contribution < -0.4 is 10.5 Å². The largest absolute Gasteiger partial charge is 0.497 e. The molecule has 3 rings (SSSR count). The van der Waals surface area contributed by atoms with E-state index in [1.54, 1.807) is 7.11 Å². The Labute approximate surface area is 149 Å². The molecule has 2 aromatic carbocycles. The number of rotatable bonds is 6. The van der Waals surface area contributed by atoms with Crippen molar-refractivity contribution in [2.75, 3.05) is 26.7 Å². The van der Waals surface area contributed by atoms with Gasteiger partial charge in [0.15, 0.2) is 0 Å². The number of piperidine rings is 1. The van der Waals surface area contributed by atoms with Crippen LogP contribution in [-0.4, -0.2) is 31.6 Å². The zero-order chi connectivity index (χ0) is 17.6. The predicted molar refractivity (Wildman–Crippen MR) is 99.2 cm³/mol. The number of hydrogen-bond donors (Lipinski definition) is 1. The second-order valence-corrected chi connectivity index (χ2v) is 6.86. The maximum atomic E-state index is 13.0. The van der Waals surface area contributed by atoms with Gasteiger partial charge in [-0.2, -0.15) is 0 Å². The topological polar surface area (TPSA) is 38.5 Å². The van der Waals surface area contributed by atoms with Crippen LogP contribution in [0.1, 0.15) is 29.9 Å². The van der Waals surface area contributed by atoms with E-state index in [1.807, 2.05) is 24.3 Å². The Kier molecular flexibility index (Phi) is 6.05. The molecule has 4 heteroatoms. The van der Waals surface area contributed by atoms with Crippen molar-refractivity contribution in [2.45, 2.75) is 25.3 Å². The van der Waals surface area contributed by atoms with Crippen molar-refractivity contribution in [1.29, 1.82) is 0 Å². The Morgan fingerprint density at radius 3 is 2.28 bits per heavy atom. The Bertz CT molecular complexity index is 649. The summed E-state index contributed by atoms with van der Waals surface area (Å²) in [4.78, 5) is 2.45. The van der Waals surface area contributed by atoms with Gasteiger partial charge in [-0.1, -0.05) is 24.3 Å². The molecule has 3 nitrogen and oxygen atoms in total. The Morgan fingerprint density at radius 2 is 1.72 bits per heavy atom. The fraction of sp³-hybridized carbons (Fsp3) is 0.429. The second-order valence-electron chi connectivity index (χ2n) is 6.86. The third-order valence-electron chi connectivity index (χ3n) is 5.32. The van der Waals surface area contributed by atoms with Crippen molar-refractivity contribution in [3.8, 4) is 5.75 Å². The predicted octanol–water partition coefficient (Wildman–Crippen LogP) is 3.79. The van der Waals surface area contributed by atoms with Crippen LogP contribution in [0.3, 0.4) is 0 Å². The summed E-state index contributed by atoms with van der Waals surface area (Å²) in [6.45, 7) is 3.70. The van der Waals surface area contributed by atoms with Crippen LogP contribution in [0.15, 0.2) is 48.5 Å². The minimum absolute atomic E-state index is 0.173. The van der Waals surface area contributed by atoms with E-state index in [9.17, 15) is 4.39 Å². The van der Waals surface area contributed by atoms with E-state index in [4.69, 9.17) is 10.5 Å². The van der Waals surface area contributed by atoms with Gasteiger partial charge < -0.3 is 10.5 Å². The Balaban J connectivity index is 1.57. The number of benzene rings is 2. The van der Waals surface area contributed by atoms with Gasteiger partial charge in [0.1, 0.15) is 11.6 Å². The molecule has 2 N–H and O–H groups in total. The summed E-state index contributed by atoms with van der Waals surface area (Å²) in [7, 11) is 1.69. The quantitative estimate of drug-likeness (QED) is 0.868. The molecule has 0 aromatic heterocycles. The highest BCUT2D eigenvalue weighted by molar-refractivity contribution is 5.30. The standard InChI is InChI=1S/C21H27FN2O/c1-25-20-8-4-17(5-9-20)21(14-23)18-10-12-24(13-11-18)15-16-2-6-19(22)7-3-16/h2-9,18,21H,10-15,23H2,1H3. The minimum atomic E-state index is -0.173. The summed E-state index contributed by atoms with van der Waals surface area (Å²) in [6.07, 6.45) is 2.30. The van der Waals surface area contributed by atoms with E-state index in [-0.39, 0.29) is 5.82 Å². The molecule has 134 valence electrons. The molecule has 0 aliphatic carbocycles. The SMILES string of the molecule is COc1ccc(C(CN)C2CCN(Cc3ccc(F)cc3)CC2)cc1. The molecule has 0 bridgehead atoms. The van der Waals surface area contributed by atoms with Crippen LogP contribution in [0, 0.1) is 11.7 Å². The lowest BCUT2D eigenvalue weighted by Crippen LogP contribution is -2.36. The van der Waals surface area contributed by atoms with Crippen LogP contribution >= 0.6 is 0 Å². The van der Waals surface area contributed by atoms with Crippen molar-refractivity contribution < 1.29 is 9.13 Å². The average molecular weight is 342 g/mol. The van der Waals surface area contributed by atoms with Gasteiger partial charge in [0, 0.05) is 6.54 Å². The van der Waals surface area contributed by atoms with E-state index in [0.717, 1.165) is 38.2 Å². The van der Waals surface area contributed by atoms with Crippen molar-refractivity contribution in [3.63, 3.8) is 0 Å². The van der Waals surface area contributed by atoms with Crippen LogP contribution in [0.5, 0.6) is 5.75 Å². The van der Waals surface area contributed by atoms with E-state index < -0.39 is 0 Å². The number of ether oxygens (including phenoxy) is 1. The van der Waals surface area contributed by atoms with Crippen molar-refractivity contribution >= 4 is 0 Å². The fourth-order valence-electron chi connectivity index (χ4n) is 3.81. The average Bonchev–Trinajstić information content (AvgIpc) is 2.66. The number of halogens is 1. The van der Waals surface area contributed by atoms with Crippen molar-refractivity contribution in [3.05, 3.63) is 65.5 Å². The number of hydrogen-bond acceptors (Lipinski definition) is 3. The highest BCUT2D eigenvalue weighted by Crippen LogP contribution is 2.33. The first-order chi connectivity index (χ1) is 12.2. The minimum Gasteiger partial charge on any atom is -0.497 e. The molecule has 1 aliphatic heterocycles. The van der Waals surface area contributed by atoms with Gasteiger partial charge in [-0.05, 0) is 79.7 Å². The van der Waals surface area contributed by atoms with E-state index in [0.29, 0.717) is 18.4 Å². The number of nitrogens with zero attached hydrogens (tertiary/aromatic N) is 1. The molecule has 1 aliphatic rings. The van der Waals surface area contributed by atoms with Gasteiger partial charge >= 0.3 is 0 Å². The van der Waals surface area contributed by atoms with E-state index in [1.165, 1.54) is 23.3 Å². The first-order valence-corrected chi connectivity index (χ1v) is 9.00. The molecule has 0 amide bonds. The molecule has 1 saturated heterocycles. The van der Waals surface area contributed by atoms with Crippen LogP contribution in [0.25, 0.3) is 0 Å². The van der Waals surface area contributed by atoms with Crippen molar-refractivity contribution in [2.24, 2.45) is 11.7 Å². The zero-order valence-electron chi connectivity index (χ0n) is 14.8. The van der Waals surface area contributed by atoms with E-state index in [2.05, 4.69) is 17.0 Å². The van der Waals surface area contributed by atoms with Gasteiger partial charge in [0.25, 0.3) is 0 Å². The fourth-order valence-corrected chi connectivity index (χ4v) is 3.81. The monoisotopic (exact) mass is 342 g/mol. The second kappa shape index (κ2) is 8.45. The van der Waals surface area contributed by atoms with Gasteiger partial charge in [-0.15, -0.1) is 0 Å². The number of methoxy groups -OCH3 is 1. The lowest BCUT2D eigenvalue weighted by Gasteiger charge is -2.36. The normalized spacial score (nSPS) is 17.4. The lowest BCUT2D eigenvalue weighted by molar-refractivity contribution is 0.162. The van der Waals surface area contributed by atoms with Gasteiger partial charge in [0.2, 0.25) is 0 Å². The van der Waals surface area contributed by atoms with Crippen LogP contribution in [-0.2, 0) is 6.54 Å². The summed E-state index contributed by atoms with van der Waals surface area (Å²) in [5.74, 6) is 1.73. The molecular weight excluding hydrogens is 315 g/mol. The molecule has 1 heterocycles. The molecule has 2 aromatic rings. The molecule has 1 atom stereocenters. The van der Waals surface area contributed by atoms with Gasteiger partial charge in [-0.25, -0.2) is 4.39 Å². The maximum Gasteiger partial charge on any atom is 0.123 e. The molecule has 0 spiro atoms. The first kappa shape index (κ1) is 17.9. The third-order valence-corrected chi connectivity index (χ3v) is 5.32. The van der Waals surface area contributed by atoms with Crippen molar-refractivity contribution in [1.82, 2.24) is 4.90 Å². The van der Waals surface area contributed by atoms with Crippen LogP contribution in [0.4, 0.5) is 4.39 Å². The molecule has 0 saturated carbocycles. The lowest BCUT2D eigenvalue weighted by atomic mass is 9.80. The summed E-state index contributed by atoms with van der Waals surface area (Å²) >= 11 is 0. The summed E-state index contributed by atoms with van der Waals surface area (Å²) in [5.41, 5.74) is 8.58. The third kappa shape index (κ3) is 4.59. The smallest absolute Gasteiger partial charge is 0.123 e. The van der Waals surface area contributed by atoms with E-state index >= 15 is 0 Å². The number of likely N-dealkylation sites (tertiary alicyclic amines) is 1. The van der Waals surface area contributed by atoms with Gasteiger partial charge in [-0.3, -0.25) is 4.90 Å². The molecule has 1 unspecified atom stereocenters. The first-order valence-electron chi connectivity index (χ1n) is 9.00. The highest BCUT2D eigenvalue weighted by Gasteiger charge is 2.26. The van der Waals surface area contributed by atoms with Gasteiger partial charge in [0.05, 0.1) is 7.11 Å². The Morgan fingerprint density at radius 1 is 1.08 bits per heavy atom. The summed E-state index contributed by atoms with van der Waals surface area (Å²) in [5, 5.41) is 0. The summed E-state index contributed by atoms with van der Waals surface area (Å²) < 4.78 is 18.3. The summed E-state index contributed by atoms with van der Waals surface area (Å²) in [6, 6.07) is 15.1. The zero-order valence-corrected chi connectivity index (χ0v) is 14.8. The highest BCUT2D eigenvalue weighted by atomic mass is 19.1. The molecule has 1 fully saturated rings. The number of nitrogens with two attached hydrogens (primary N) is 1. The maximum absolute atomic E-state index is 13.0.